The molecule has 0 unspecified atom stereocenters. The largest absolute Gasteiger partial charge is 0.396 e. The number of hydrogen-bond donors (Lipinski definition) is 1. The zero-order chi connectivity index (χ0) is 13.7. The Hall–Kier alpha value is -1.52. The number of amides is 1. The fourth-order valence-corrected chi connectivity index (χ4v) is 2.04. The molecular weight excluding hydrogens is 228 g/mol. The Morgan fingerprint density at radius 3 is 2.44 bits per heavy atom. The number of anilines is 1. The van der Waals surface area contributed by atoms with Gasteiger partial charge in [0.1, 0.15) is 0 Å². The summed E-state index contributed by atoms with van der Waals surface area (Å²) in [6, 6.07) is 0. The third-order valence-electron chi connectivity index (χ3n) is 3.36. The van der Waals surface area contributed by atoms with Crippen LogP contribution in [-0.2, 0) is 7.05 Å². The van der Waals surface area contributed by atoms with Crippen molar-refractivity contribution >= 4 is 11.6 Å². The highest BCUT2D eigenvalue weighted by molar-refractivity contribution is 5.97. The second kappa shape index (κ2) is 6.42. The number of carbonyl (C=O) groups is 1. The van der Waals surface area contributed by atoms with E-state index in [1.54, 1.807) is 17.9 Å². The van der Waals surface area contributed by atoms with E-state index in [2.05, 4.69) is 18.9 Å². The van der Waals surface area contributed by atoms with Crippen molar-refractivity contribution in [1.82, 2.24) is 14.7 Å². The van der Waals surface area contributed by atoms with Crippen molar-refractivity contribution in [2.45, 2.75) is 33.6 Å². The van der Waals surface area contributed by atoms with Gasteiger partial charge in [-0.2, -0.15) is 5.10 Å². The Balaban J connectivity index is 2.82. The van der Waals surface area contributed by atoms with Crippen molar-refractivity contribution in [2.24, 2.45) is 13.0 Å². The molecule has 1 aromatic heterocycles. The Morgan fingerprint density at radius 1 is 1.44 bits per heavy atom. The van der Waals surface area contributed by atoms with Crippen LogP contribution in [0, 0.1) is 5.92 Å². The number of rotatable bonds is 6. The van der Waals surface area contributed by atoms with Gasteiger partial charge in [0.15, 0.2) is 5.69 Å². The molecule has 18 heavy (non-hydrogen) atoms. The quantitative estimate of drug-likeness (QED) is 0.841. The molecule has 1 rings (SSSR count). The summed E-state index contributed by atoms with van der Waals surface area (Å²) in [5.41, 5.74) is 6.62. The molecule has 0 atom stereocenters. The average Bonchev–Trinajstić information content (AvgIpc) is 2.69. The first-order chi connectivity index (χ1) is 8.53. The van der Waals surface area contributed by atoms with Crippen molar-refractivity contribution in [3.05, 3.63) is 11.9 Å². The minimum absolute atomic E-state index is 0.0671. The molecule has 1 aromatic rings. The van der Waals surface area contributed by atoms with Crippen molar-refractivity contribution in [1.29, 1.82) is 0 Å². The van der Waals surface area contributed by atoms with Gasteiger partial charge in [-0.15, -0.1) is 0 Å². The van der Waals surface area contributed by atoms with Crippen LogP contribution in [0.2, 0.25) is 0 Å². The van der Waals surface area contributed by atoms with E-state index < -0.39 is 0 Å². The molecule has 1 heterocycles. The summed E-state index contributed by atoms with van der Waals surface area (Å²) < 4.78 is 1.58. The molecule has 0 spiro atoms. The molecule has 0 aliphatic carbocycles. The molecule has 0 fully saturated rings. The van der Waals surface area contributed by atoms with Gasteiger partial charge in [-0.3, -0.25) is 9.48 Å². The fourth-order valence-electron chi connectivity index (χ4n) is 2.04. The van der Waals surface area contributed by atoms with Crippen molar-refractivity contribution in [3.63, 3.8) is 0 Å². The Morgan fingerprint density at radius 2 is 2.06 bits per heavy atom. The van der Waals surface area contributed by atoms with Gasteiger partial charge in [0.2, 0.25) is 0 Å². The average molecular weight is 252 g/mol. The number of nitrogens with two attached hydrogens (primary N) is 1. The molecule has 1 amide bonds. The van der Waals surface area contributed by atoms with Crippen LogP contribution >= 0.6 is 0 Å². The second-order valence-electron chi connectivity index (χ2n) is 4.63. The lowest BCUT2D eigenvalue weighted by Crippen LogP contribution is -2.35. The lowest BCUT2D eigenvalue weighted by Gasteiger charge is -2.24. The van der Waals surface area contributed by atoms with E-state index in [4.69, 9.17) is 5.73 Å². The van der Waals surface area contributed by atoms with Crippen LogP contribution in [0.15, 0.2) is 6.20 Å². The Kier molecular flexibility index (Phi) is 5.19. The molecule has 0 bridgehead atoms. The van der Waals surface area contributed by atoms with Gasteiger partial charge < -0.3 is 10.6 Å². The van der Waals surface area contributed by atoms with Crippen LogP contribution in [0.3, 0.4) is 0 Å². The summed E-state index contributed by atoms with van der Waals surface area (Å²) in [5, 5.41) is 4.14. The highest BCUT2D eigenvalue weighted by Crippen LogP contribution is 2.15. The molecule has 102 valence electrons. The monoisotopic (exact) mass is 252 g/mol. The predicted molar refractivity (Wildman–Crippen MR) is 73.3 cm³/mol. The number of aromatic nitrogens is 2. The summed E-state index contributed by atoms with van der Waals surface area (Å²) in [6.07, 6.45) is 3.83. The van der Waals surface area contributed by atoms with Crippen molar-refractivity contribution < 1.29 is 4.79 Å². The summed E-state index contributed by atoms with van der Waals surface area (Å²) in [4.78, 5) is 14.2. The van der Waals surface area contributed by atoms with Gasteiger partial charge in [0.25, 0.3) is 5.91 Å². The maximum atomic E-state index is 12.3. The molecule has 5 nitrogen and oxygen atoms in total. The summed E-state index contributed by atoms with van der Waals surface area (Å²) in [7, 11) is 1.77. The van der Waals surface area contributed by atoms with Crippen LogP contribution in [0.25, 0.3) is 0 Å². The number of nitrogen functional groups attached to an aromatic ring is 1. The van der Waals surface area contributed by atoms with Gasteiger partial charge in [-0.25, -0.2) is 0 Å². The first-order valence-electron chi connectivity index (χ1n) is 6.61. The SMILES string of the molecule is CCC(CC)CN(CC)C(=O)c1nn(C)cc1N. The molecule has 0 radical (unpaired) electrons. The minimum Gasteiger partial charge on any atom is -0.396 e. The van der Waals surface area contributed by atoms with E-state index in [1.165, 1.54) is 0 Å². The lowest BCUT2D eigenvalue weighted by atomic mass is 10.0. The standard InChI is InChI=1S/C13H24N4O/c1-5-10(6-2)8-17(7-3)13(18)12-11(14)9-16(4)15-12/h9-10H,5-8,14H2,1-4H3. The number of aryl methyl sites for hydroxylation is 1. The smallest absolute Gasteiger partial charge is 0.276 e. The molecule has 2 N–H and O–H groups in total. The van der Waals surface area contributed by atoms with Gasteiger partial charge >= 0.3 is 0 Å². The predicted octanol–water partition coefficient (Wildman–Crippen LogP) is 1.90. The van der Waals surface area contributed by atoms with E-state index in [1.807, 2.05) is 11.8 Å². The van der Waals surface area contributed by atoms with Crippen molar-refractivity contribution in [2.75, 3.05) is 18.8 Å². The Labute approximate surface area is 109 Å². The fraction of sp³-hybridized carbons (Fsp3) is 0.692. The van der Waals surface area contributed by atoms with Crippen LogP contribution in [0.5, 0.6) is 0 Å². The third-order valence-corrected chi connectivity index (χ3v) is 3.36. The number of hydrogen-bond acceptors (Lipinski definition) is 3. The van der Waals surface area contributed by atoms with E-state index >= 15 is 0 Å². The summed E-state index contributed by atoms with van der Waals surface area (Å²) in [5.74, 6) is 0.473. The maximum absolute atomic E-state index is 12.3. The van der Waals surface area contributed by atoms with Crippen molar-refractivity contribution in [3.8, 4) is 0 Å². The zero-order valence-electron chi connectivity index (χ0n) is 11.8. The van der Waals surface area contributed by atoms with Crippen LogP contribution in [0.4, 0.5) is 5.69 Å². The van der Waals surface area contributed by atoms with Gasteiger partial charge in [0, 0.05) is 26.3 Å². The van der Waals surface area contributed by atoms with Gasteiger partial charge in [-0.05, 0) is 12.8 Å². The number of carbonyl (C=O) groups excluding carboxylic acids is 1. The topological polar surface area (TPSA) is 64.2 Å². The molecule has 0 aromatic carbocycles. The molecule has 0 saturated carbocycles. The highest BCUT2D eigenvalue weighted by atomic mass is 16.2. The van der Waals surface area contributed by atoms with Gasteiger partial charge in [0.05, 0.1) is 5.69 Å². The zero-order valence-corrected chi connectivity index (χ0v) is 11.8. The molecule has 5 heteroatoms. The van der Waals surface area contributed by atoms with Gasteiger partial charge in [-0.1, -0.05) is 26.7 Å². The normalized spacial score (nSPS) is 10.9. The maximum Gasteiger partial charge on any atom is 0.276 e. The number of nitrogens with zero attached hydrogens (tertiary/aromatic N) is 3. The second-order valence-corrected chi connectivity index (χ2v) is 4.63. The molecule has 0 saturated heterocycles. The molecule has 0 aliphatic rings. The Bertz CT molecular complexity index is 396. The summed E-state index contributed by atoms with van der Waals surface area (Å²) in [6.45, 7) is 7.76. The lowest BCUT2D eigenvalue weighted by molar-refractivity contribution is 0.0729. The third kappa shape index (κ3) is 3.24. The molecule has 0 aliphatic heterocycles. The van der Waals surface area contributed by atoms with E-state index in [-0.39, 0.29) is 5.91 Å². The van der Waals surface area contributed by atoms with E-state index in [9.17, 15) is 4.79 Å². The van der Waals surface area contributed by atoms with Crippen LogP contribution in [0.1, 0.15) is 44.1 Å². The first kappa shape index (κ1) is 14.5. The summed E-state index contributed by atoms with van der Waals surface area (Å²) >= 11 is 0. The van der Waals surface area contributed by atoms with E-state index in [0.29, 0.717) is 23.8 Å². The highest BCUT2D eigenvalue weighted by Gasteiger charge is 2.21. The minimum atomic E-state index is -0.0671. The van der Waals surface area contributed by atoms with E-state index in [0.717, 1.165) is 19.4 Å². The van der Waals surface area contributed by atoms with Crippen LogP contribution in [-0.4, -0.2) is 33.7 Å². The first-order valence-corrected chi connectivity index (χ1v) is 6.61. The molecular formula is C13H24N4O. The van der Waals surface area contributed by atoms with Crippen LogP contribution < -0.4 is 5.73 Å².